The smallest absolute Gasteiger partial charge is 0.126 e. The van der Waals surface area contributed by atoms with Gasteiger partial charge in [-0.15, -0.1) is 0 Å². The Morgan fingerprint density at radius 3 is 2.46 bits per heavy atom. The van der Waals surface area contributed by atoms with E-state index in [1.54, 1.807) is 14.2 Å². The van der Waals surface area contributed by atoms with Crippen LogP contribution in [0.15, 0.2) is 54.7 Å². The summed E-state index contributed by atoms with van der Waals surface area (Å²) in [6, 6.07) is 16.9. The maximum absolute atomic E-state index is 5.67. The lowest BCUT2D eigenvalue weighted by atomic mass is 9.87. The molecule has 28 heavy (non-hydrogen) atoms. The molecule has 3 aromatic rings. The lowest BCUT2D eigenvalue weighted by molar-refractivity contribution is 0.313. The minimum atomic E-state index is 0.381. The molecule has 0 amide bonds. The molecule has 0 bridgehead atoms. The van der Waals surface area contributed by atoms with Crippen molar-refractivity contribution in [2.45, 2.75) is 25.3 Å². The van der Waals surface area contributed by atoms with E-state index in [9.17, 15) is 0 Å². The number of hydrogen-bond donors (Lipinski definition) is 1. The first kappa shape index (κ1) is 18.6. The van der Waals surface area contributed by atoms with Crippen molar-refractivity contribution in [2.24, 2.45) is 0 Å². The number of H-pyrrole nitrogens is 1. The van der Waals surface area contributed by atoms with Crippen LogP contribution >= 0.6 is 0 Å². The molecule has 1 aliphatic heterocycles. The van der Waals surface area contributed by atoms with Gasteiger partial charge >= 0.3 is 0 Å². The van der Waals surface area contributed by atoms with Gasteiger partial charge in [0.25, 0.3) is 0 Å². The molecule has 2 atom stereocenters. The van der Waals surface area contributed by atoms with Crippen molar-refractivity contribution < 1.29 is 9.47 Å². The second kappa shape index (κ2) is 8.07. The van der Waals surface area contributed by atoms with Crippen LogP contribution in [0.1, 0.15) is 34.2 Å². The van der Waals surface area contributed by atoms with E-state index in [-0.39, 0.29) is 0 Å². The van der Waals surface area contributed by atoms with Crippen molar-refractivity contribution in [3.63, 3.8) is 0 Å². The maximum Gasteiger partial charge on any atom is 0.126 e. The molecule has 0 spiro atoms. The highest BCUT2D eigenvalue weighted by Gasteiger charge is 2.36. The molecule has 1 aliphatic rings. The fourth-order valence-electron chi connectivity index (χ4n) is 4.36. The van der Waals surface area contributed by atoms with E-state index in [0.29, 0.717) is 11.8 Å². The van der Waals surface area contributed by atoms with Gasteiger partial charge in [-0.3, -0.25) is 10.00 Å². The zero-order chi connectivity index (χ0) is 19.5. The highest BCUT2D eigenvalue weighted by molar-refractivity contribution is 5.41. The van der Waals surface area contributed by atoms with Crippen LogP contribution in [0.25, 0.3) is 0 Å². The number of hydrogen-bond acceptors (Lipinski definition) is 4. The van der Waals surface area contributed by atoms with Crippen LogP contribution in [0.3, 0.4) is 0 Å². The Morgan fingerprint density at radius 2 is 1.79 bits per heavy atom. The van der Waals surface area contributed by atoms with E-state index in [0.717, 1.165) is 31.1 Å². The number of nitrogens with zero attached hydrogens (tertiary/aromatic N) is 2. The topological polar surface area (TPSA) is 50.4 Å². The number of para-hydroxylation sites is 1. The first-order valence-electron chi connectivity index (χ1n) is 9.67. The van der Waals surface area contributed by atoms with Gasteiger partial charge in [-0.25, -0.2) is 0 Å². The van der Waals surface area contributed by atoms with Gasteiger partial charge in [-0.2, -0.15) is 5.10 Å². The molecule has 5 heteroatoms. The monoisotopic (exact) mass is 377 g/mol. The van der Waals surface area contributed by atoms with Gasteiger partial charge in [0.1, 0.15) is 11.5 Å². The average molecular weight is 377 g/mol. The molecule has 0 radical (unpaired) electrons. The van der Waals surface area contributed by atoms with Crippen molar-refractivity contribution >= 4 is 0 Å². The molecular formula is C23H27N3O2. The van der Waals surface area contributed by atoms with Crippen LogP contribution in [0.5, 0.6) is 11.5 Å². The Morgan fingerprint density at radius 1 is 1.00 bits per heavy atom. The molecule has 0 aliphatic carbocycles. The molecule has 2 aromatic carbocycles. The molecule has 0 saturated carbocycles. The van der Waals surface area contributed by atoms with E-state index in [1.807, 2.05) is 18.3 Å². The fourth-order valence-corrected chi connectivity index (χ4v) is 4.36. The molecular weight excluding hydrogens is 350 g/mol. The predicted molar refractivity (Wildman–Crippen MR) is 110 cm³/mol. The summed E-state index contributed by atoms with van der Waals surface area (Å²) in [5.41, 5.74) is 4.94. The van der Waals surface area contributed by atoms with Gasteiger partial charge in [0.05, 0.1) is 14.2 Å². The number of nitrogens with one attached hydrogen (secondary N) is 1. The third kappa shape index (κ3) is 3.62. The quantitative estimate of drug-likeness (QED) is 0.702. The normalized spacial score (nSPS) is 19.7. The van der Waals surface area contributed by atoms with Crippen molar-refractivity contribution in [3.8, 4) is 11.5 Å². The minimum absolute atomic E-state index is 0.381. The molecule has 1 N–H and O–H groups in total. The molecule has 4 rings (SSSR count). The van der Waals surface area contributed by atoms with Crippen LogP contribution in [-0.4, -0.2) is 42.4 Å². The van der Waals surface area contributed by atoms with Crippen molar-refractivity contribution in [1.29, 1.82) is 0 Å². The van der Waals surface area contributed by atoms with Crippen LogP contribution in [0.4, 0.5) is 0 Å². The van der Waals surface area contributed by atoms with E-state index >= 15 is 0 Å². The summed E-state index contributed by atoms with van der Waals surface area (Å²) in [5.74, 6) is 2.67. The number of aromatic nitrogens is 2. The Balaban J connectivity index is 1.60. The van der Waals surface area contributed by atoms with Crippen LogP contribution in [0.2, 0.25) is 0 Å². The summed E-state index contributed by atoms with van der Waals surface area (Å²) in [6.07, 6.45) is 1.84. The lowest BCUT2D eigenvalue weighted by Gasteiger charge is -2.19. The summed E-state index contributed by atoms with van der Waals surface area (Å²) >= 11 is 0. The highest BCUT2D eigenvalue weighted by atomic mass is 16.5. The second-order valence-electron chi connectivity index (χ2n) is 7.46. The molecule has 2 heterocycles. The molecule has 0 unspecified atom stereocenters. The maximum atomic E-state index is 5.67. The number of likely N-dealkylation sites (tertiary alicyclic amines) is 1. The molecule has 5 nitrogen and oxygen atoms in total. The summed E-state index contributed by atoms with van der Waals surface area (Å²) in [6.45, 7) is 4.95. The number of ether oxygens (including phenoxy) is 2. The lowest BCUT2D eigenvalue weighted by Crippen LogP contribution is -2.20. The van der Waals surface area contributed by atoms with Gasteiger partial charge in [-0.05, 0) is 36.2 Å². The summed E-state index contributed by atoms with van der Waals surface area (Å²) in [4.78, 5) is 2.51. The van der Waals surface area contributed by atoms with Gasteiger partial charge in [0.15, 0.2) is 0 Å². The Kier molecular flexibility index (Phi) is 5.35. The van der Waals surface area contributed by atoms with E-state index in [2.05, 4.69) is 58.4 Å². The molecule has 1 saturated heterocycles. The van der Waals surface area contributed by atoms with Crippen LogP contribution < -0.4 is 9.47 Å². The van der Waals surface area contributed by atoms with Crippen molar-refractivity contribution in [3.05, 3.63) is 77.1 Å². The standard InChI is InChI=1S/C23H27N3O2/c1-16-5-4-6-18(23(16)28-3)13-26-14-20(17-7-9-19(27-2)10-8-17)21(15-26)22-11-12-24-25-22/h4-12,20-21H,13-15H2,1-3H3,(H,24,25)/t20-,21+/m0/s1. The summed E-state index contributed by atoms with van der Waals surface area (Å²) in [5, 5.41) is 7.38. The highest BCUT2D eigenvalue weighted by Crippen LogP contribution is 2.40. The van der Waals surface area contributed by atoms with E-state index in [1.165, 1.54) is 22.4 Å². The second-order valence-corrected chi connectivity index (χ2v) is 7.46. The van der Waals surface area contributed by atoms with Gasteiger partial charge in [0.2, 0.25) is 0 Å². The largest absolute Gasteiger partial charge is 0.497 e. The van der Waals surface area contributed by atoms with Crippen molar-refractivity contribution in [1.82, 2.24) is 15.1 Å². The third-order valence-corrected chi connectivity index (χ3v) is 5.75. The van der Waals surface area contributed by atoms with E-state index < -0.39 is 0 Å². The SMILES string of the molecule is COc1ccc([C@@H]2CN(Cc3cccc(C)c3OC)C[C@H]2c2ccn[nH]2)cc1. The van der Waals surface area contributed by atoms with Crippen LogP contribution in [-0.2, 0) is 6.54 Å². The molecule has 146 valence electrons. The summed E-state index contributed by atoms with van der Waals surface area (Å²) < 4.78 is 11.0. The number of rotatable bonds is 6. The zero-order valence-electron chi connectivity index (χ0n) is 16.7. The predicted octanol–water partition coefficient (Wildman–Crippen LogP) is 4.12. The van der Waals surface area contributed by atoms with E-state index in [4.69, 9.17) is 9.47 Å². The Labute approximate surface area is 166 Å². The number of aromatic amines is 1. The third-order valence-electron chi connectivity index (χ3n) is 5.75. The first-order chi connectivity index (χ1) is 13.7. The van der Waals surface area contributed by atoms with Gasteiger partial charge < -0.3 is 9.47 Å². The van der Waals surface area contributed by atoms with Crippen LogP contribution in [0, 0.1) is 6.92 Å². The Bertz CT molecular complexity index is 906. The fraction of sp³-hybridized carbons (Fsp3) is 0.348. The average Bonchev–Trinajstić information content (AvgIpc) is 3.38. The number of methoxy groups -OCH3 is 2. The van der Waals surface area contributed by atoms with Gasteiger partial charge in [-0.1, -0.05) is 30.3 Å². The number of aryl methyl sites for hydroxylation is 1. The minimum Gasteiger partial charge on any atom is -0.497 e. The Hall–Kier alpha value is -2.79. The number of benzene rings is 2. The summed E-state index contributed by atoms with van der Waals surface area (Å²) in [7, 11) is 3.46. The first-order valence-corrected chi connectivity index (χ1v) is 9.67. The molecule has 1 aromatic heterocycles. The zero-order valence-corrected chi connectivity index (χ0v) is 16.7. The van der Waals surface area contributed by atoms with Crippen molar-refractivity contribution in [2.75, 3.05) is 27.3 Å². The molecule has 1 fully saturated rings. The van der Waals surface area contributed by atoms with Gasteiger partial charge in [0, 0.05) is 48.9 Å².